The van der Waals surface area contributed by atoms with Gasteiger partial charge in [0.05, 0.1) is 34.0 Å². The van der Waals surface area contributed by atoms with Crippen LogP contribution < -0.4 is 14.2 Å². The molecule has 1 aromatic heterocycles. The first-order valence-corrected chi connectivity index (χ1v) is 9.48. The standard InChI is InChI=1S/C21H22N2O4S/c1-25-16-9-7-14(8-10-16)11-15-5-4-6-18(17(15)13-24)28-21-22-19(26-2)12-20(23-21)27-3/h4-10,12,24H,11,13H2,1-3H3. The number of aromatic nitrogens is 2. The summed E-state index contributed by atoms with van der Waals surface area (Å²) in [5.74, 6) is 1.67. The van der Waals surface area contributed by atoms with Crippen molar-refractivity contribution in [1.82, 2.24) is 9.97 Å². The first kappa shape index (κ1) is 20.0. The Bertz CT molecular complexity index is 910. The molecule has 0 bridgehead atoms. The average Bonchev–Trinajstić information content (AvgIpc) is 2.74. The highest BCUT2D eigenvalue weighted by Gasteiger charge is 2.13. The summed E-state index contributed by atoms with van der Waals surface area (Å²) in [4.78, 5) is 9.61. The van der Waals surface area contributed by atoms with Gasteiger partial charge in [-0.05, 0) is 53.1 Å². The fraction of sp³-hybridized carbons (Fsp3) is 0.238. The molecule has 0 aliphatic carbocycles. The van der Waals surface area contributed by atoms with Gasteiger partial charge < -0.3 is 19.3 Å². The van der Waals surface area contributed by atoms with Crippen molar-refractivity contribution in [2.75, 3.05) is 21.3 Å². The van der Waals surface area contributed by atoms with Crippen LogP contribution in [0.15, 0.2) is 58.6 Å². The van der Waals surface area contributed by atoms with Gasteiger partial charge in [-0.1, -0.05) is 24.3 Å². The van der Waals surface area contributed by atoms with Gasteiger partial charge in [-0.25, -0.2) is 0 Å². The highest BCUT2D eigenvalue weighted by Crippen LogP contribution is 2.33. The lowest BCUT2D eigenvalue weighted by atomic mass is 10.00. The second-order valence-electron chi connectivity index (χ2n) is 5.91. The van der Waals surface area contributed by atoms with Crippen LogP contribution in [0.2, 0.25) is 0 Å². The molecule has 28 heavy (non-hydrogen) atoms. The Morgan fingerprint density at radius 3 is 2.14 bits per heavy atom. The Balaban J connectivity index is 1.89. The zero-order chi connectivity index (χ0) is 19.9. The molecule has 0 amide bonds. The largest absolute Gasteiger partial charge is 0.497 e. The van der Waals surface area contributed by atoms with Gasteiger partial charge in [0, 0.05) is 4.90 Å². The molecule has 0 saturated carbocycles. The monoisotopic (exact) mass is 398 g/mol. The zero-order valence-electron chi connectivity index (χ0n) is 16.0. The number of ether oxygens (including phenoxy) is 3. The summed E-state index contributed by atoms with van der Waals surface area (Å²) in [6.07, 6.45) is 0.705. The summed E-state index contributed by atoms with van der Waals surface area (Å²) in [5.41, 5.74) is 3.04. The van der Waals surface area contributed by atoms with Crippen LogP contribution in [0.5, 0.6) is 17.5 Å². The van der Waals surface area contributed by atoms with Crippen LogP contribution in [-0.4, -0.2) is 36.4 Å². The van der Waals surface area contributed by atoms with Gasteiger partial charge in [0.1, 0.15) is 5.75 Å². The van der Waals surface area contributed by atoms with E-state index in [1.165, 1.54) is 11.8 Å². The van der Waals surface area contributed by atoms with Gasteiger partial charge in [-0.15, -0.1) is 0 Å². The molecule has 2 aromatic carbocycles. The molecule has 3 aromatic rings. The molecular formula is C21H22N2O4S. The maximum atomic E-state index is 10.0. The molecule has 146 valence electrons. The highest BCUT2D eigenvalue weighted by molar-refractivity contribution is 7.99. The number of hydrogen-bond acceptors (Lipinski definition) is 7. The molecular weight excluding hydrogens is 376 g/mol. The van der Waals surface area contributed by atoms with Gasteiger partial charge >= 0.3 is 0 Å². The Morgan fingerprint density at radius 1 is 0.893 bits per heavy atom. The second-order valence-corrected chi connectivity index (χ2v) is 6.92. The van der Waals surface area contributed by atoms with Crippen LogP contribution in [0.25, 0.3) is 0 Å². The van der Waals surface area contributed by atoms with Crippen molar-refractivity contribution in [3.8, 4) is 17.5 Å². The fourth-order valence-electron chi connectivity index (χ4n) is 2.75. The van der Waals surface area contributed by atoms with Crippen LogP contribution >= 0.6 is 11.8 Å². The Kier molecular flexibility index (Phi) is 6.73. The normalized spacial score (nSPS) is 10.6. The fourth-order valence-corrected chi connectivity index (χ4v) is 3.69. The maximum absolute atomic E-state index is 10.0. The molecule has 0 spiro atoms. The van der Waals surface area contributed by atoms with E-state index in [2.05, 4.69) is 9.97 Å². The summed E-state index contributed by atoms with van der Waals surface area (Å²) in [7, 11) is 4.74. The van der Waals surface area contributed by atoms with Gasteiger partial charge in [0.2, 0.25) is 11.8 Å². The average molecular weight is 398 g/mol. The van der Waals surface area contributed by atoms with E-state index in [0.717, 1.165) is 27.3 Å². The van der Waals surface area contributed by atoms with Crippen molar-refractivity contribution in [1.29, 1.82) is 0 Å². The maximum Gasteiger partial charge on any atom is 0.220 e. The number of methoxy groups -OCH3 is 3. The molecule has 1 N–H and O–H groups in total. The molecule has 0 aliphatic rings. The van der Waals surface area contributed by atoms with Crippen molar-refractivity contribution >= 4 is 11.8 Å². The Labute approximate surface area is 168 Å². The molecule has 0 atom stereocenters. The zero-order valence-corrected chi connectivity index (χ0v) is 16.8. The van der Waals surface area contributed by atoms with Gasteiger partial charge in [0.25, 0.3) is 0 Å². The summed E-state index contributed by atoms with van der Waals surface area (Å²) < 4.78 is 15.6. The number of aliphatic hydroxyl groups is 1. The minimum atomic E-state index is -0.0736. The van der Waals surface area contributed by atoms with Crippen molar-refractivity contribution in [2.45, 2.75) is 23.1 Å². The predicted molar refractivity (Wildman–Crippen MR) is 107 cm³/mol. The number of aliphatic hydroxyl groups excluding tert-OH is 1. The molecule has 7 heteroatoms. The predicted octanol–water partition coefficient (Wildman–Crippen LogP) is 3.74. The van der Waals surface area contributed by atoms with E-state index in [4.69, 9.17) is 14.2 Å². The van der Waals surface area contributed by atoms with Crippen LogP contribution in [0.4, 0.5) is 0 Å². The molecule has 0 aliphatic heterocycles. The number of hydrogen-bond donors (Lipinski definition) is 1. The summed E-state index contributed by atoms with van der Waals surface area (Å²) >= 11 is 1.37. The first-order chi connectivity index (χ1) is 13.7. The quantitative estimate of drug-likeness (QED) is 0.580. The lowest BCUT2D eigenvalue weighted by molar-refractivity contribution is 0.278. The number of nitrogens with zero attached hydrogens (tertiary/aromatic N) is 2. The Morgan fingerprint density at radius 2 is 1.57 bits per heavy atom. The SMILES string of the molecule is COc1ccc(Cc2cccc(Sc3nc(OC)cc(OC)n3)c2CO)cc1. The van der Waals surface area contributed by atoms with E-state index < -0.39 is 0 Å². The third-order valence-corrected chi connectivity index (χ3v) is 5.19. The molecule has 3 rings (SSSR count). The summed E-state index contributed by atoms with van der Waals surface area (Å²) in [6.45, 7) is -0.0736. The Hall–Kier alpha value is -2.77. The molecule has 6 nitrogen and oxygen atoms in total. The highest BCUT2D eigenvalue weighted by atomic mass is 32.2. The van der Waals surface area contributed by atoms with E-state index in [1.54, 1.807) is 27.4 Å². The van der Waals surface area contributed by atoms with E-state index in [9.17, 15) is 5.11 Å². The van der Waals surface area contributed by atoms with Gasteiger partial charge in [-0.2, -0.15) is 9.97 Å². The number of rotatable bonds is 8. The smallest absolute Gasteiger partial charge is 0.220 e. The van der Waals surface area contributed by atoms with Crippen molar-refractivity contribution in [3.05, 3.63) is 65.2 Å². The van der Waals surface area contributed by atoms with Crippen LogP contribution in [0, 0.1) is 0 Å². The van der Waals surface area contributed by atoms with Crippen molar-refractivity contribution in [2.24, 2.45) is 0 Å². The van der Waals surface area contributed by atoms with Crippen LogP contribution in [-0.2, 0) is 13.0 Å². The first-order valence-electron chi connectivity index (χ1n) is 8.66. The third kappa shape index (κ3) is 4.74. The second kappa shape index (κ2) is 9.43. The minimum Gasteiger partial charge on any atom is -0.497 e. The molecule has 0 radical (unpaired) electrons. The molecule has 1 heterocycles. The van der Waals surface area contributed by atoms with Crippen molar-refractivity contribution < 1.29 is 19.3 Å². The van der Waals surface area contributed by atoms with Crippen molar-refractivity contribution in [3.63, 3.8) is 0 Å². The lowest BCUT2D eigenvalue weighted by Crippen LogP contribution is -2.00. The van der Waals surface area contributed by atoms with Gasteiger partial charge in [-0.3, -0.25) is 0 Å². The molecule has 0 saturated heterocycles. The molecule has 0 fully saturated rings. The van der Waals surface area contributed by atoms with E-state index >= 15 is 0 Å². The minimum absolute atomic E-state index is 0.0736. The van der Waals surface area contributed by atoms with E-state index in [0.29, 0.717) is 23.3 Å². The van der Waals surface area contributed by atoms with Gasteiger partial charge in [0.15, 0.2) is 5.16 Å². The molecule has 0 unspecified atom stereocenters. The van der Waals surface area contributed by atoms with E-state index in [-0.39, 0.29) is 6.61 Å². The number of benzene rings is 2. The lowest BCUT2D eigenvalue weighted by Gasteiger charge is -2.13. The van der Waals surface area contributed by atoms with Crippen LogP contribution in [0.1, 0.15) is 16.7 Å². The topological polar surface area (TPSA) is 73.7 Å². The summed E-state index contributed by atoms with van der Waals surface area (Å²) in [5, 5.41) is 10.5. The summed E-state index contributed by atoms with van der Waals surface area (Å²) in [6, 6.07) is 15.5. The van der Waals surface area contributed by atoms with E-state index in [1.807, 2.05) is 42.5 Å². The van der Waals surface area contributed by atoms with Crippen LogP contribution in [0.3, 0.4) is 0 Å². The third-order valence-electron chi connectivity index (χ3n) is 4.22.